The minimum Gasteiger partial charge on any atom is -0.383 e. The van der Waals surface area contributed by atoms with Crippen LogP contribution in [0.5, 0.6) is 0 Å². The molecule has 0 fully saturated rings. The van der Waals surface area contributed by atoms with E-state index in [2.05, 4.69) is 0 Å². The molecule has 0 spiro atoms. The smallest absolute Gasteiger partial charge is 0.383 e. The van der Waals surface area contributed by atoms with Crippen LogP contribution in [0.2, 0.25) is 0 Å². The molecule has 0 heterocycles. The summed E-state index contributed by atoms with van der Waals surface area (Å²) in [7, 11) is 0. The van der Waals surface area contributed by atoms with Crippen molar-refractivity contribution in [3.8, 4) is 0 Å². The molecule has 1 unspecified atom stereocenters. The maximum absolute atomic E-state index is 12.4. The van der Waals surface area contributed by atoms with Crippen LogP contribution in [0, 0.1) is 5.92 Å². The van der Waals surface area contributed by atoms with Gasteiger partial charge in [0.15, 0.2) is 6.10 Å². The fourth-order valence-electron chi connectivity index (χ4n) is 2.26. The Bertz CT molecular complexity index is 373. The van der Waals surface area contributed by atoms with Crippen molar-refractivity contribution in [1.29, 1.82) is 0 Å². The van der Waals surface area contributed by atoms with Crippen molar-refractivity contribution >= 4 is 0 Å². The van der Waals surface area contributed by atoms with E-state index >= 15 is 0 Å². The predicted molar refractivity (Wildman–Crippen MR) is 54.0 cm³/mol. The van der Waals surface area contributed by atoms with Gasteiger partial charge in [-0.3, -0.25) is 0 Å². The molecule has 1 aromatic carbocycles. The number of fused-ring (bicyclic) bond motifs is 1. The second kappa shape index (κ2) is 4.09. The van der Waals surface area contributed by atoms with Gasteiger partial charge in [0.1, 0.15) is 0 Å². The standard InChI is InChI=1S/C12H13F3O/c13-12(14,15)11(16)10-6-5-8-3-1-2-4-9(8)7-10/h1-4,10-11,16H,5-7H2/t10?,11-/m1/s1. The third kappa shape index (κ3) is 2.21. The van der Waals surface area contributed by atoms with E-state index in [0.29, 0.717) is 19.3 Å². The van der Waals surface area contributed by atoms with Crippen LogP contribution in [0.25, 0.3) is 0 Å². The van der Waals surface area contributed by atoms with Gasteiger partial charge < -0.3 is 5.11 Å². The number of alkyl halides is 3. The van der Waals surface area contributed by atoms with E-state index in [4.69, 9.17) is 0 Å². The molecule has 1 aliphatic rings. The summed E-state index contributed by atoms with van der Waals surface area (Å²) in [5.74, 6) is -0.699. The Kier molecular flexibility index (Phi) is 2.93. The molecule has 0 saturated heterocycles. The summed E-state index contributed by atoms with van der Waals surface area (Å²) in [4.78, 5) is 0. The number of rotatable bonds is 1. The second-order valence-corrected chi connectivity index (χ2v) is 4.26. The summed E-state index contributed by atoms with van der Waals surface area (Å²) >= 11 is 0. The summed E-state index contributed by atoms with van der Waals surface area (Å²) in [5, 5.41) is 9.21. The first-order chi connectivity index (χ1) is 7.48. The fraction of sp³-hybridized carbons (Fsp3) is 0.500. The highest BCUT2D eigenvalue weighted by atomic mass is 19.4. The van der Waals surface area contributed by atoms with Gasteiger partial charge in [0.2, 0.25) is 0 Å². The quantitative estimate of drug-likeness (QED) is 0.786. The minimum absolute atomic E-state index is 0.316. The van der Waals surface area contributed by atoms with Crippen molar-refractivity contribution < 1.29 is 18.3 Å². The number of hydrogen-bond acceptors (Lipinski definition) is 1. The van der Waals surface area contributed by atoms with Gasteiger partial charge in [-0.05, 0) is 36.3 Å². The van der Waals surface area contributed by atoms with Gasteiger partial charge in [-0.15, -0.1) is 0 Å². The zero-order valence-electron chi connectivity index (χ0n) is 8.67. The van der Waals surface area contributed by atoms with Crippen molar-refractivity contribution in [1.82, 2.24) is 0 Å². The molecule has 0 amide bonds. The molecule has 0 bridgehead atoms. The number of hydrogen-bond donors (Lipinski definition) is 1. The van der Waals surface area contributed by atoms with Crippen LogP contribution in [-0.2, 0) is 12.8 Å². The van der Waals surface area contributed by atoms with E-state index in [-0.39, 0.29) is 0 Å². The number of halogens is 3. The Morgan fingerprint density at radius 3 is 2.44 bits per heavy atom. The molecule has 0 aromatic heterocycles. The first kappa shape index (κ1) is 11.5. The summed E-state index contributed by atoms with van der Waals surface area (Å²) in [6.45, 7) is 0. The van der Waals surface area contributed by atoms with Crippen LogP contribution in [-0.4, -0.2) is 17.4 Å². The average molecular weight is 230 g/mol. The van der Waals surface area contributed by atoms with Crippen LogP contribution in [0.3, 0.4) is 0 Å². The molecule has 4 heteroatoms. The van der Waals surface area contributed by atoms with E-state index in [0.717, 1.165) is 11.1 Å². The normalized spacial score (nSPS) is 22.6. The maximum Gasteiger partial charge on any atom is 0.414 e. The molecule has 16 heavy (non-hydrogen) atoms. The van der Waals surface area contributed by atoms with E-state index in [1.54, 1.807) is 0 Å². The zero-order chi connectivity index (χ0) is 11.8. The molecule has 0 saturated carbocycles. The van der Waals surface area contributed by atoms with Gasteiger partial charge in [-0.1, -0.05) is 24.3 Å². The molecule has 1 N–H and O–H groups in total. The summed E-state index contributed by atoms with van der Waals surface area (Å²) < 4.78 is 37.1. The van der Waals surface area contributed by atoms with Gasteiger partial charge in [-0.25, -0.2) is 0 Å². The van der Waals surface area contributed by atoms with Gasteiger partial charge >= 0.3 is 6.18 Å². The van der Waals surface area contributed by atoms with Crippen LogP contribution in [0.1, 0.15) is 17.5 Å². The fourth-order valence-corrected chi connectivity index (χ4v) is 2.26. The topological polar surface area (TPSA) is 20.2 Å². The van der Waals surface area contributed by atoms with E-state index in [9.17, 15) is 18.3 Å². The highest BCUT2D eigenvalue weighted by Crippen LogP contribution is 2.34. The molecule has 2 atom stereocenters. The van der Waals surface area contributed by atoms with E-state index < -0.39 is 18.2 Å². The van der Waals surface area contributed by atoms with Crippen LogP contribution in [0.15, 0.2) is 24.3 Å². The molecule has 88 valence electrons. The van der Waals surface area contributed by atoms with Gasteiger partial charge in [0, 0.05) is 0 Å². The summed E-state index contributed by atoms with van der Waals surface area (Å²) in [5.41, 5.74) is 2.04. The molecule has 0 aliphatic heterocycles. The van der Waals surface area contributed by atoms with Crippen molar-refractivity contribution in [3.05, 3.63) is 35.4 Å². The molecule has 0 radical (unpaired) electrons. The first-order valence-corrected chi connectivity index (χ1v) is 5.30. The van der Waals surface area contributed by atoms with Crippen molar-refractivity contribution in [2.75, 3.05) is 0 Å². The highest BCUT2D eigenvalue weighted by molar-refractivity contribution is 5.29. The van der Waals surface area contributed by atoms with E-state index in [1.165, 1.54) is 0 Å². The number of aryl methyl sites for hydroxylation is 1. The first-order valence-electron chi connectivity index (χ1n) is 5.30. The van der Waals surface area contributed by atoms with E-state index in [1.807, 2.05) is 24.3 Å². The van der Waals surface area contributed by atoms with Crippen molar-refractivity contribution in [3.63, 3.8) is 0 Å². The Balaban J connectivity index is 2.14. The molecule has 2 rings (SSSR count). The average Bonchev–Trinajstić information content (AvgIpc) is 2.26. The third-order valence-corrected chi connectivity index (χ3v) is 3.17. The lowest BCUT2D eigenvalue weighted by molar-refractivity contribution is -0.220. The molecule has 1 aliphatic carbocycles. The molecular weight excluding hydrogens is 217 g/mol. The van der Waals surface area contributed by atoms with Gasteiger partial charge in [0.25, 0.3) is 0 Å². The van der Waals surface area contributed by atoms with Crippen molar-refractivity contribution in [2.24, 2.45) is 5.92 Å². The van der Waals surface area contributed by atoms with Crippen LogP contribution in [0.4, 0.5) is 13.2 Å². The maximum atomic E-state index is 12.4. The minimum atomic E-state index is -4.50. The Morgan fingerprint density at radius 2 is 1.81 bits per heavy atom. The third-order valence-electron chi connectivity index (χ3n) is 3.17. The number of aliphatic hydroxyl groups excluding tert-OH is 1. The molecular formula is C12H13F3O. The predicted octanol–water partition coefficient (Wildman–Crippen LogP) is 2.71. The Labute approximate surface area is 91.9 Å². The summed E-state index contributed by atoms with van der Waals surface area (Å²) in [6.07, 6.45) is -5.36. The van der Waals surface area contributed by atoms with Crippen LogP contribution >= 0.6 is 0 Å². The number of aliphatic hydroxyl groups is 1. The molecule has 1 aromatic rings. The highest BCUT2D eigenvalue weighted by Gasteiger charge is 2.43. The SMILES string of the molecule is O[C@H](C1CCc2ccccc2C1)C(F)(F)F. The zero-order valence-corrected chi connectivity index (χ0v) is 8.67. The lowest BCUT2D eigenvalue weighted by Gasteiger charge is -2.29. The van der Waals surface area contributed by atoms with Crippen LogP contribution < -0.4 is 0 Å². The second-order valence-electron chi connectivity index (χ2n) is 4.26. The Morgan fingerprint density at radius 1 is 1.19 bits per heavy atom. The monoisotopic (exact) mass is 230 g/mol. The number of benzene rings is 1. The van der Waals surface area contributed by atoms with Gasteiger partial charge in [-0.2, -0.15) is 13.2 Å². The van der Waals surface area contributed by atoms with Crippen molar-refractivity contribution in [2.45, 2.75) is 31.5 Å². The van der Waals surface area contributed by atoms with Gasteiger partial charge in [0.05, 0.1) is 0 Å². The lowest BCUT2D eigenvalue weighted by Crippen LogP contribution is -2.38. The lowest BCUT2D eigenvalue weighted by atomic mass is 9.81. The molecule has 1 nitrogen and oxygen atoms in total. The largest absolute Gasteiger partial charge is 0.414 e. The summed E-state index contributed by atoms with van der Waals surface area (Å²) in [6, 6.07) is 7.48. The Hall–Kier alpha value is -1.03.